The number of rotatable bonds is 4. The molecule has 0 aliphatic rings. The van der Waals surface area contributed by atoms with Crippen LogP contribution >= 0.6 is 0 Å². The number of phenolic OH excluding ortho intramolecular Hbond substituents is 1. The van der Waals surface area contributed by atoms with E-state index in [9.17, 15) is 27.1 Å². The Morgan fingerprint density at radius 1 is 1.05 bits per heavy atom. The normalized spacial score (nSPS) is 13.4. The summed E-state index contributed by atoms with van der Waals surface area (Å²) in [5, 5.41) is 19.0. The van der Waals surface area contributed by atoms with E-state index < -0.39 is 53.3 Å². The van der Waals surface area contributed by atoms with Crippen molar-refractivity contribution in [2.24, 2.45) is 0 Å². The predicted octanol–water partition coefficient (Wildman–Crippen LogP) is 2.23. The Hall–Kier alpha value is -1.35. The van der Waals surface area contributed by atoms with Gasteiger partial charge in [0.05, 0.1) is 16.8 Å². The number of alkyl halides is 3. The summed E-state index contributed by atoms with van der Waals surface area (Å²) in [6, 6.07) is 0.241. The number of benzene rings is 1. The lowest BCUT2D eigenvalue weighted by atomic mass is 9.81. The molecule has 0 atom stereocenters. The van der Waals surface area contributed by atoms with Gasteiger partial charge in [0.25, 0.3) is 0 Å². The van der Waals surface area contributed by atoms with Crippen molar-refractivity contribution in [3.05, 3.63) is 23.3 Å². The molecule has 0 spiro atoms. The van der Waals surface area contributed by atoms with Crippen LogP contribution in [0.4, 0.5) is 22.0 Å². The third kappa shape index (κ3) is 3.70. The lowest BCUT2D eigenvalue weighted by molar-refractivity contribution is -0.140. The quantitative estimate of drug-likeness (QED) is 0.659. The van der Waals surface area contributed by atoms with Crippen molar-refractivity contribution in [2.75, 3.05) is 0 Å². The summed E-state index contributed by atoms with van der Waals surface area (Å²) in [5.74, 6) is -5.32. The van der Waals surface area contributed by atoms with Gasteiger partial charge in [-0.15, -0.1) is 0 Å². The molecule has 0 aliphatic heterocycles. The molecule has 0 fully saturated rings. The summed E-state index contributed by atoms with van der Waals surface area (Å²) in [4.78, 5) is 0. The van der Waals surface area contributed by atoms with Gasteiger partial charge in [-0.3, -0.25) is 0 Å². The molecular formula is C13H16BF5O3. The fourth-order valence-electron chi connectivity index (χ4n) is 1.42. The fourth-order valence-corrected chi connectivity index (χ4v) is 1.42. The molecule has 2 N–H and O–H groups in total. The van der Waals surface area contributed by atoms with Crippen LogP contribution in [0.1, 0.15) is 33.3 Å². The van der Waals surface area contributed by atoms with Crippen LogP contribution in [-0.4, -0.2) is 28.9 Å². The Morgan fingerprint density at radius 2 is 1.55 bits per heavy atom. The number of hydrogen-bond acceptors (Lipinski definition) is 3. The van der Waals surface area contributed by atoms with Crippen molar-refractivity contribution in [1.29, 1.82) is 0 Å². The first-order valence-electron chi connectivity index (χ1n) is 6.32. The van der Waals surface area contributed by atoms with E-state index in [1.807, 2.05) is 0 Å². The van der Waals surface area contributed by atoms with E-state index >= 15 is 0 Å². The van der Waals surface area contributed by atoms with Gasteiger partial charge in [-0.05, 0) is 39.2 Å². The molecule has 124 valence electrons. The monoisotopic (exact) mass is 326 g/mol. The highest BCUT2D eigenvalue weighted by Crippen LogP contribution is 2.35. The molecule has 0 unspecified atom stereocenters. The van der Waals surface area contributed by atoms with Crippen LogP contribution < -0.4 is 5.46 Å². The summed E-state index contributed by atoms with van der Waals surface area (Å²) in [6.07, 6.45) is -5.09. The van der Waals surface area contributed by atoms with Crippen LogP contribution in [0.15, 0.2) is 6.07 Å². The van der Waals surface area contributed by atoms with Crippen LogP contribution in [0.3, 0.4) is 0 Å². The molecule has 0 aliphatic carbocycles. The Kier molecular flexibility index (Phi) is 4.84. The third-order valence-corrected chi connectivity index (χ3v) is 3.62. The molecule has 0 saturated heterocycles. The molecule has 1 aromatic carbocycles. The first kappa shape index (κ1) is 18.7. The summed E-state index contributed by atoms with van der Waals surface area (Å²) in [5.41, 5.74) is -5.03. The zero-order chi connectivity index (χ0) is 17.5. The summed E-state index contributed by atoms with van der Waals surface area (Å²) >= 11 is 0. The zero-order valence-corrected chi connectivity index (χ0v) is 12.5. The minimum Gasteiger partial charge on any atom is -0.503 e. The van der Waals surface area contributed by atoms with Crippen LogP contribution in [-0.2, 0) is 10.8 Å². The van der Waals surface area contributed by atoms with E-state index in [0.29, 0.717) is 0 Å². The second kappa shape index (κ2) is 5.70. The Morgan fingerprint density at radius 3 is 1.95 bits per heavy atom. The molecule has 0 saturated carbocycles. The second-order valence-corrected chi connectivity index (χ2v) is 5.92. The van der Waals surface area contributed by atoms with Crippen molar-refractivity contribution < 1.29 is 36.8 Å². The number of phenols is 1. The average Bonchev–Trinajstić information content (AvgIpc) is 2.32. The molecule has 0 amide bonds. The Bertz CT molecular complexity index is 564. The third-order valence-electron chi connectivity index (χ3n) is 3.62. The Labute approximate surface area is 125 Å². The van der Waals surface area contributed by atoms with E-state index in [-0.39, 0.29) is 6.07 Å². The predicted molar refractivity (Wildman–Crippen MR) is 71.3 cm³/mol. The minimum atomic E-state index is -5.09. The smallest absolute Gasteiger partial charge is 0.419 e. The van der Waals surface area contributed by atoms with E-state index in [4.69, 9.17) is 9.76 Å². The maximum absolute atomic E-state index is 13.7. The molecule has 3 nitrogen and oxygen atoms in total. The van der Waals surface area contributed by atoms with E-state index in [2.05, 4.69) is 0 Å². The van der Waals surface area contributed by atoms with Crippen LogP contribution in [0.2, 0.25) is 0 Å². The van der Waals surface area contributed by atoms with Gasteiger partial charge in [0, 0.05) is 0 Å². The van der Waals surface area contributed by atoms with Gasteiger partial charge < -0.3 is 14.9 Å². The molecule has 9 heteroatoms. The molecule has 1 aromatic rings. The first-order chi connectivity index (χ1) is 9.68. The SMILES string of the molecule is CC(C)(O)C(C)(C)OBc1cc(C(F)(F)F)c(F)c(O)c1F. The average molecular weight is 326 g/mol. The topological polar surface area (TPSA) is 49.7 Å². The maximum Gasteiger partial charge on any atom is 0.419 e. The van der Waals surface area contributed by atoms with Crippen LogP contribution in [0, 0.1) is 11.6 Å². The maximum atomic E-state index is 13.7. The van der Waals surface area contributed by atoms with E-state index in [1.165, 1.54) is 27.7 Å². The van der Waals surface area contributed by atoms with Gasteiger partial charge in [-0.1, -0.05) is 0 Å². The highest BCUT2D eigenvalue weighted by Gasteiger charge is 2.39. The number of aromatic hydroxyl groups is 1. The van der Waals surface area contributed by atoms with Crippen molar-refractivity contribution in [2.45, 2.75) is 45.1 Å². The van der Waals surface area contributed by atoms with Crippen molar-refractivity contribution >= 4 is 12.9 Å². The first-order valence-corrected chi connectivity index (χ1v) is 6.32. The zero-order valence-electron chi connectivity index (χ0n) is 12.5. The largest absolute Gasteiger partial charge is 0.503 e. The van der Waals surface area contributed by atoms with Crippen LogP contribution in [0.5, 0.6) is 5.75 Å². The molecule has 0 aromatic heterocycles. The van der Waals surface area contributed by atoms with E-state index in [1.54, 1.807) is 0 Å². The number of hydrogen-bond donors (Lipinski definition) is 2. The highest BCUT2D eigenvalue weighted by atomic mass is 19.4. The van der Waals surface area contributed by atoms with Crippen LogP contribution in [0.25, 0.3) is 0 Å². The molecule has 0 radical (unpaired) electrons. The van der Waals surface area contributed by atoms with Gasteiger partial charge in [0.15, 0.2) is 17.4 Å². The molecule has 22 heavy (non-hydrogen) atoms. The van der Waals surface area contributed by atoms with E-state index in [0.717, 1.165) is 0 Å². The molecule has 0 heterocycles. The van der Waals surface area contributed by atoms with Gasteiger partial charge in [0.1, 0.15) is 0 Å². The molecular weight excluding hydrogens is 310 g/mol. The summed E-state index contributed by atoms with van der Waals surface area (Å²) < 4.78 is 70.2. The van der Waals surface area contributed by atoms with Gasteiger partial charge in [0.2, 0.25) is 0 Å². The lowest BCUT2D eigenvalue weighted by Gasteiger charge is -2.37. The van der Waals surface area contributed by atoms with Crippen molar-refractivity contribution in [3.63, 3.8) is 0 Å². The molecule has 1 rings (SSSR count). The number of aliphatic hydroxyl groups is 1. The summed E-state index contributed by atoms with van der Waals surface area (Å²) in [6.45, 7) is 5.73. The fraction of sp³-hybridized carbons (Fsp3) is 0.538. The van der Waals surface area contributed by atoms with Gasteiger partial charge in [-0.2, -0.15) is 13.2 Å². The standard InChI is InChI=1S/C13H16BF5O3/c1-11(2,21)12(3,4)22-14-7-5-6(13(17,18)19)8(15)10(20)9(7)16/h5,14,20-21H,1-4H3. The second-order valence-electron chi connectivity index (χ2n) is 5.92. The highest BCUT2D eigenvalue weighted by molar-refractivity contribution is 6.47. The Balaban J connectivity index is 3.19. The lowest BCUT2D eigenvalue weighted by Crippen LogP contribution is -2.49. The van der Waals surface area contributed by atoms with Crippen molar-refractivity contribution in [1.82, 2.24) is 0 Å². The summed E-state index contributed by atoms with van der Waals surface area (Å²) in [7, 11) is -0.681. The minimum absolute atomic E-state index is 0.241. The van der Waals surface area contributed by atoms with Gasteiger partial charge >= 0.3 is 13.7 Å². The molecule has 0 bridgehead atoms. The number of halogens is 5. The van der Waals surface area contributed by atoms with Gasteiger partial charge in [-0.25, -0.2) is 8.78 Å². The van der Waals surface area contributed by atoms with Crippen molar-refractivity contribution in [3.8, 4) is 5.75 Å².